The Hall–Kier alpha value is -1.63. The molecule has 7 heteroatoms. The highest BCUT2D eigenvalue weighted by molar-refractivity contribution is 7.09. The van der Waals surface area contributed by atoms with Crippen molar-refractivity contribution in [3.8, 4) is 0 Å². The van der Waals surface area contributed by atoms with Crippen LogP contribution in [-0.4, -0.2) is 34.2 Å². The molecular weight excluding hydrogens is 278 g/mol. The maximum absolute atomic E-state index is 11.8. The van der Waals surface area contributed by atoms with Gasteiger partial charge in [-0.15, -0.1) is 11.3 Å². The summed E-state index contributed by atoms with van der Waals surface area (Å²) in [6.45, 7) is 7.03. The van der Waals surface area contributed by atoms with Crippen LogP contribution in [-0.2, 0) is 11.2 Å². The number of nitrogens with zero attached hydrogens (tertiary/aromatic N) is 1. The molecular formula is C13H21N3O3S. The van der Waals surface area contributed by atoms with Gasteiger partial charge in [-0.2, -0.15) is 0 Å². The second kappa shape index (κ2) is 6.21. The number of aromatic nitrogens is 1. The summed E-state index contributed by atoms with van der Waals surface area (Å²) in [4.78, 5) is 27.2. The molecule has 0 saturated carbocycles. The van der Waals surface area contributed by atoms with Gasteiger partial charge in [0, 0.05) is 24.5 Å². The molecule has 0 atom stereocenters. The average molecular weight is 299 g/mol. The third kappa shape index (κ3) is 3.93. The predicted molar refractivity (Wildman–Crippen MR) is 77.8 cm³/mol. The van der Waals surface area contributed by atoms with Crippen molar-refractivity contribution in [2.24, 2.45) is 5.41 Å². The number of hydrogen-bond donors (Lipinski definition) is 3. The van der Waals surface area contributed by atoms with Crippen molar-refractivity contribution in [2.45, 2.75) is 39.7 Å². The van der Waals surface area contributed by atoms with Crippen LogP contribution in [0.3, 0.4) is 0 Å². The van der Waals surface area contributed by atoms with Crippen molar-refractivity contribution in [1.82, 2.24) is 15.6 Å². The molecule has 2 amide bonds. The number of urea groups is 1. The Bertz CT molecular complexity index is 469. The molecule has 112 valence electrons. The number of hydrogen-bond acceptors (Lipinski definition) is 4. The number of thiazole rings is 1. The van der Waals surface area contributed by atoms with Crippen LogP contribution in [0.4, 0.5) is 4.79 Å². The Balaban J connectivity index is 2.47. The highest BCUT2D eigenvalue weighted by atomic mass is 32.1. The topological polar surface area (TPSA) is 91.3 Å². The fourth-order valence-corrected chi connectivity index (χ4v) is 2.03. The number of amides is 2. The number of nitrogens with one attached hydrogen (secondary N) is 2. The van der Waals surface area contributed by atoms with E-state index in [9.17, 15) is 14.7 Å². The summed E-state index contributed by atoms with van der Waals surface area (Å²) in [6.07, 6.45) is 2.38. The van der Waals surface area contributed by atoms with Crippen LogP contribution in [0.2, 0.25) is 0 Å². The largest absolute Gasteiger partial charge is 0.481 e. The second-order valence-electron chi connectivity index (χ2n) is 5.61. The van der Waals surface area contributed by atoms with Crippen molar-refractivity contribution in [2.75, 3.05) is 6.54 Å². The van der Waals surface area contributed by atoms with Crippen molar-refractivity contribution >= 4 is 23.3 Å². The minimum atomic E-state index is -1.07. The molecule has 0 aliphatic carbocycles. The van der Waals surface area contributed by atoms with E-state index in [0.717, 1.165) is 5.01 Å². The molecule has 0 aliphatic heterocycles. The maximum atomic E-state index is 11.8. The molecule has 1 rings (SSSR count). The van der Waals surface area contributed by atoms with Crippen LogP contribution in [0.25, 0.3) is 0 Å². The second-order valence-corrected chi connectivity index (χ2v) is 6.59. The summed E-state index contributed by atoms with van der Waals surface area (Å²) in [5.41, 5.74) is -1.94. The van der Waals surface area contributed by atoms with Crippen LogP contribution in [0.1, 0.15) is 32.7 Å². The van der Waals surface area contributed by atoms with E-state index in [1.54, 1.807) is 33.9 Å². The molecule has 3 N–H and O–H groups in total. The molecule has 1 aromatic rings. The fourth-order valence-electron chi connectivity index (χ4n) is 1.41. The Morgan fingerprint density at radius 2 is 2.00 bits per heavy atom. The SMILES string of the molecule is CC(C)(NC(=O)NCCc1nccs1)C(C)(C)C(=O)O. The number of carboxylic acid groups (broad SMARTS) is 1. The van der Waals surface area contributed by atoms with Gasteiger partial charge in [-0.25, -0.2) is 9.78 Å². The highest BCUT2D eigenvalue weighted by Gasteiger charge is 2.44. The zero-order valence-electron chi connectivity index (χ0n) is 12.2. The first-order valence-electron chi connectivity index (χ1n) is 6.34. The zero-order valence-corrected chi connectivity index (χ0v) is 13.0. The van der Waals surface area contributed by atoms with Crippen LogP contribution in [0.5, 0.6) is 0 Å². The minimum Gasteiger partial charge on any atom is -0.481 e. The first kappa shape index (κ1) is 16.4. The summed E-state index contributed by atoms with van der Waals surface area (Å²) < 4.78 is 0. The summed E-state index contributed by atoms with van der Waals surface area (Å²) in [6, 6.07) is -0.374. The first-order valence-corrected chi connectivity index (χ1v) is 7.22. The maximum Gasteiger partial charge on any atom is 0.315 e. The van der Waals surface area contributed by atoms with Crippen molar-refractivity contribution in [3.05, 3.63) is 16.6 Å². The number of rotatable bonds is 6. The predicted octanol–water partition coefficient (Wildman–Crippen LogP) is 1.87. The molecule has 0 spiro atoms. The quantitative estimate of drug-likeness (QED) is 0.748. The van der Waals surface area contributed by atoms with Crippen molar-refractivity contribution in [1.29, 1.82) is 0 Å². The van der Waals surface area contributed by atoms with Gasteiger partial charge in [0.15, 0.2) is 0 Å². The third-order valence-corrected chi connectivity index (χ3v) is 4.47. The van der Waals surface area contributed by atoms with Crippen molar-refractivity contribution in [3.63, 3.8) is 0 Å². The van der Waals surface area contributed by atoms with Gasteiger partial charge < -0.3 is 15.7 Å². The van der Waals surface area contributed by atoms with Crippen molar-refractivity contribution < 1.29 is 14.7 Å². The lowest BCUT2D eigenvalue weighted by atomic mass is 9.74. The Labute approximate surface area is 122 Å². The third-order valence-electron chi connectivity index (χ3n) is 3.63. The summed E-state index contributed by atoms with van der Waals surface area (Å²) in [5, 5.41) is 17.5. The first-order chi connectivity index (χ1) is 9.17. The summed E-state index contributed by atoms with van der Waals surface area (Å²) >= 11 is 1.54. The van der Waals surface area contributed by atoms with Gasteiger partial charge in [0.1, 0.15) is 0 Å². The highest BCUT2D eigenvalue weighted by Crippen LogP contribution is 2.30. The molecule has 0 aliphatic rings. The van der Waals surface area contributed by atoms with E-state index >= 15 is 0 Å². The molecule has 20 heavy (non-hydrogen) atoms. The lowest BCUT2D eigenvalue weighted by molar-refractivity contribution is -0.150. The van der Waals surface area contributed by atoms with Gasteiger partial charge in [-0.3, -0.25) is 4.79 Å². The van der Waals surface area contributed by atoms with E-state index < -0.39 is 16.9 Å². The van der Waals surface area contributed by atoms with Gasteiger partial charge in [0.05, 0.1) is 16.0 Å². The molecule has 1 heterocycles. The molecule has 0 bridgehead atoms. The molecule has 6 nitrogen and oxygen atoms in total. The number of carbonyl (C=O) groups is 2. The fraction of sp³-hybridized carbons (Fsp3) is 0.615. The number of aliphatic carboxylic acids is 1. The average Bonchev–Trinajstić information content (AvgIpc) is 2.80. The summed E-state index contributed by atoms with van der Waals surface area (Å²) in [7, 11) is 0. The van der Waals surface area contributed by atoms with E-state index in [4.69, 9.17) is 0 Å². The van der Waals surface area contributed by atoms with E-state index in [1.165, 1.54) is 11.3 Å². The monoisotopic (exact) mass is 299 g/mol. The van der Waals surface area contributed by atoms with E-state index in [-0.39, 0.29) is 6.03 Å². The normalized spacial score (nSPS) is 12.0. The standard InChI is InChI=1S/C13H21N3O3S/c1-12(2,10(17)18)13(3,4)16-11(19)15-6-5-9-14-7-8-20-9/h7-8H,5-6H2,1-4H3,(H,17,18)(H2,15,16,19). The zero-order chi connectivity index (χ0) is 15.4. The van der Waals surface area contributed by atoms with Crippen LogP contribution >= 0.6 is 11.3 Å². The van der Waals surface area contributed by atoms with Gasteiger partial charge in [-0.05, 0) is 27.7 Å². The smallest absolute Gasteiger partial charge is 0.315 e. The van der Waals surface area contributed by atoms with Gasteiger partial charge in [0.2, 0.25) is 0 Å². The van der Waals surface area contributed by atoms with Crippen LogP contribution < -0.4 is 10.6 Å². The Morgan fingerprint density at radius 3 is 2.50 bits per heavy atom. The van der Waals surface area contributed by atoms with E-state index in [0.29, 0.717) is 13.0 Å². The molecule has 0 saturated heterocycles. The molecule has 0 fully saturated rings. The van der Waals surface area contributed by atoms with Gasteiger partial charge >= 0.3 is 12.0 Å². The van der Waals surface area contributed by atoms with Gasteiger partial charge in [-0.1, -0.05) is 0 Å². The Kier molecular flexibility index (Phi) is 5.10. The molecule has 0 aromatic carbocycles. The van der Waals surface area contributed by atoms with E-state index in [1.807, 2.05) is 5.38 Å². The number of carbonyl (C=O) groups excluding carboxylic acids is 1. The van der Waals surface area contributed by atoms with Crippen LogP contribution in [0.15, 0.2) is 11.6 Å². The van der Waals surface area contributed by atoms with Gasteiger partial charge in [0.25, 0.3) is 0 Å². The van der Waals surface area contributed by atoms with E-state index in [2.05, 4.69) is 15.6 Å². The molecule has 0 radical (unpaired) electrons. The number of carboxylic acids is 1. The summed E-state index contributed by atoms with van der Waals surface area (Å²) in [5.74, 6) is -0.953. The van der Waals surface area contributed by atoms with Crippen LogP contribution in [0, 0.1) is 5.41 Å². The lowest BCUT2D eigenvalue weighted by Crippen LogP contribution is -2.59. The Morgan fingerprint density at radius 1 is 1.35 bits per heavy atom. The molecule has 0 unspecified atom stereocenters. The lowest BCUT2D eigenvalue weighted by Gasteiger charge is -2.38. The minimum absolute atomic E-state index is 0.374. The molecule has 1 aromatic heterocycles.